The van der Waals surface area contributed by atoms with Crippen molar-refractivity contribution in [3.05, 3.63) is 66.2 Å². The van der Waals surface area contributed by atoms with Gasteiger partial charge in [-0.1, -0.05) is 36.4 Å². The maximum Gasteiger partial charge on any atom is 0.257 e. The van der Waals surface area contributed by atoms with Gasteiger partial charge in [-0.2, -0.15) is 0 Å². The Hall–Kier alpha value is -2.82. The zero-order valence-electron chi connectivity index (χ0n) is 11.7. The number of carbonyl (C=O) groups is 2. The Bertz CT molecular complexity index is 599. The maximum absolute atomic E-state index is 11.8. The summed E-state index contributed by atoms with van der Waals surface area (Å²) in [6.07, 6.45) is 0. The summed E-state index contributed by atoms with van der Waals surface area (Å²) in [4.78, 5) is 23.6. The van der Waals surface area contributed by atoms with Crippen molar-refractivity contribution in [2.24, 2.45) is 0 Å². The normalized spacial score (nSPS) is 9.76. The molecular weight excluding hydrogens is 266 g/mol. The summed E-state index contributed by atoms with van der Waals surface area (Å²) in [6, 6.07) is 18.2. The van der Waals surface area contributed by atoms with Gasteiger partial charge in [-0.15, -0.1) is 0 Å². The van der Waals surface area contributed by atoms with Crippen LogP contribution in [0.3, 0.4) is 0 Å². The SMILES string of the molecule is CN(NC(=O)CNC(=O)c1ccccc1)c1ccccc1. The lowest BCUT2D eigenvalue weighted by Crippen LogP contribution is -2.45. The first-order valence-corrected chi connectivity index (χ1v) is 6.58. The Labute approximate surface area is 123 Å². The predicted molar refractivity (Wildman–Crippen MR) is 81.8 cm³/mol. The molecule has 0 aliphatic rings. The number of anilines is 1. The van der Waals surface area contributed by atoms with E-state index in [9.17, 15) is 9.59 Å². The third-order valence-corrected chi connectivity index (χ3v) is 2.88. The molecule has 0 aromatic heterocycles. The van der Waals surface area contributed by atoms with Crippen LogP contribution < -0.4 is 15.8 Å². The smallest absolute Gasteiger partial charge is 0.257 e. The Balaban J connectivity index is 1.81. The number of carbonyl (C=O) groups excluding carboxylic acids is 2. The molecule has 0 aliphatic heterocycles. The van der Waals surface area contributed by atoms with Crippen LogP contribution in [0.1, 0.15) is 10.4 Å². The molecule has 0 heterocycles. The lowest BCUT2D eigenvalue weighted by Gasteiger charge is -2.20. The van der Waals surface area contributed by atoms with Gasteiger partial charge in [0.2, 0.25) is 0 Å². The lowest BCUT2D eigenvalue weighted by molar-refractivity contribution is -0.120. The van der Waals surface area contributed by atoms with Crippen molar-refractivity contribution in [1.82, 2.24) is 10.7 Å². The first-order chi connectivity index (χ1) is 10.2. The second-order valence-corrected chi connectivity index (χ2v) is 4.48. The number of hydrogen-bond donors (Lipinski definition) is 2. The van der Waals surface area contributed by atoms with Crippen LogP contribution in [0.25, 0.3) is 0 Å². The standard InChI is InChI=1S/C16H17N3O2/c1-19(14-10-6-3-7-11-14)18-15(20)12-17-16(21)13-8-4-2-5-9-13/h2-11H,12H2,1H3,(H,17,21)(H,18,20). The first-order valence-electron chi connectivity index (χ1n) is 6.58. The molecule has 21 heavy (non-hydrogen) atoms. The fourth-order valence-corrected chi connectivity index (χ4v) is 1.79. The quantitative estimate of drug-likeness (QED) is 0.819. The third-order valence-electron chi connectivity index (χ3n) is 2.88. The van der Waals surface area contributed by atoms with E-state index in [1.807, 2.05) is 36.4 Å². The summed E-state index contributed by atoms with van der Waals surface area (Å²) < 4.78 is 0. The zero-order chi connectivity index (χ0) is 15.1. The van der Waals surface area contributed by atoms with Crippen LogP contribution in [0.5, 0.6) is 0 Å². The molecule has 0 saturated heterocycles. The molecule has 108 valence electrons. The molecule has 0 bridgehead atoms. The molecule has 5 heteroatoms. The molecule has 0 spiro atoms. The van der Waals surface area contributed by atoms with E-state index >= 15 is 0 Å². The Morgan fingerprint density at radius 2 is 1.52 bits per heavy atom. The number of para-hydroxylation sites is 1. The Morgan fingerprint density at radius 3 is 2.14 bits per heavy atom. The van der Waals surface area contributed by atoms with E-state index in [0.29, 0.717) is 5.56 Å². The van der Waals surface area contributed by atoms with E-state index < -0.39 is 0 Å². The van der Waals surface area contributed by atoms with Gasteiger partial charge in [-0.05, 0) is 24.3 Å². The summed E-state index contributed by atoms with van der Waals surface area (Å²) in [7, 11) is 1.74. The highest BCUT2D eigenvalue weighted by Gasteiger charge is 2.09. The van der Waals surface area contributed by atoms with Crippen LogP contribution in [0, 0.1) is 0 Å². The molecular formula is C16H17N3O2. The maximum atomic E-state index is 11.8. The lowest BCUT2D eigenvalue weighted by atomic mass is 10.2. The van der Waals surface area contributed by atoms with Gasteiger partial charge in [0.1, 0.15) is 0 Å². The predicted octanol–water partition coefficient (Wildman–Crippen LogP) is 1.58. The highest BCUT2D eigenvalue weighted by molar-refractivity contribution is 5.96. The average molecular weight is 283 g/mol. The van der Waals surface area contributed by atoms with Gasteiger partial charge in [0, 0.05) is 12.6 Å². The molecule has 2 aromatic rings. The molecule has 0 radical (unpaired) electrons. The van der Waals surface area contributed by atoms with Crippen molar-refractivity contribution in [2.75, 3.05) is 18.6 Å². The minimum absolute atomic E-state index is 0.0785. The number of hydrogen-bond acceptors (Lipinski definition) is 3. The number of nitrogens with zero attached hydrogens (tertiary/aromatic N) is 1. The van der Waals surface area contributed by atoms with Crippen LogP contribution in [-0.2, 0) is 4.79 Å². The summed E-state index contributed by atoms with van der Waals surface area (Å²) in [6.45, 7) is -0.0785. The zero-order valence-corrected chi connectivity index (χ0v) is 11.7. The van der Waals surface area contributed by atoms with E-state index in [-0.39, 0.29) is 18.4 Å². The third kappa shape index (κ3) is 4.35. The monoisotopic (exact) mass is 283 g/mol. The van der Waals surface area contributed by atoms with Crippen molar-refractivity contribution >= 4 is 17.5 Å². The summed E-state index contributed by atoms with van der Waals surface area (Å²) in [5.74, 6) is -0.557. The molecule has 0 unspecified atom stereocenters. The van der Waals surface area contributed by atoms with Crippen LogP contribution in [0.4, 0.5) is 5.69 Å². The molecule has 0 atom stereocenters. The Kier molecular flexibility index (Phi) is 4.93. The molecule has 0 saturated carbocycles. The van der Waals surface area contributed by atoms with Crippen molar-refractivity contribution in [2.45, 2.75) is 0 Å². The van der Waals surface area contributed by atoms with Gasteiger partial charge in [-0.3, -0.25) is 20.0 Å². The highest BCUT2D eigenvalue weighted by atomic mass is 16.2. The van der Waals surface area contributed by atoms with Gasteiger partial charge in [0.25, 0.3) is 11.8 Å². The first kappa shape index (κ1) is 14.6. The number of hydrazine groups is 1. The van der Waals surface area contributed by atoms with Gasteiger partial charge < -0.3 is 5.32 Å². The summed E-state index contributed by atoms with van der Waals surface area (Å²) in [5.41, 5.74) is 4.07. The van der Waals surface area contributed by atoms with Gasteiger partial charge in [0.05, 0.1) is 12.2 Å². The molecule has 0 aliphatic carbocycles. The summed E-state index contributed by atoms with van der Waals surface area (Å²) in [5, 5.41) is 4.19. The van der Waals surface area contributed by atoms with E-state index in [2.05, 4.69) is 10.7 Å². The van der Waals surface area contributed by atoms with Crippen LogP contribution in [0.15, 0.2) is 60.7 Å². The molecule has 2 aromatic carbocycles. The molecule has 0 fully saturated rings. The highest BCUT2D eigenvalue weighted by Crippen LogP contribution is 2.07. The van der Waals surface area contributed by atoms with Crippen LogP contribution in [-0.4, -0.2) is 25.4 Å². The van der Waals surface area contributed by atoms with E-state index in [1.54, 1.807) is 36.3 Å². The molecule has 2 N–H and O–H groups in total. The number of rotatable bonds is 5. The average Bonchev–Trinajstić information content (AvgIpc) is 2.54. The minimum atomic E-state index is -0.286. The number of amides is 2. The van der Waals surface area contributed by atoms with Crippen molar-refractivity contribution < 1.29 is 9.59 Å². The largest absolute Gasteiger partial charge is 0.343 e. The van der Waals surface area contributed by atoms with E-state index in [0.717, 1.165) is 5.69 Å². The number of benzene rings is 2. The second-order valence-electron chi connectivity index (χ2n) is 4.48. The van der Waals surface area contributed by atoms with Gasteiger partial charge in [-0.25, -0.2) is 0 Å². The van der Waals surface area contributed by atoms with Gasteiger partial charge >= 0.3 is 0 Å². The van der Waals surface area contributed by atoms with Crippen LogP contribution in [0.2, 0.25) is 0 Å². The molecule has 2 rings (SSSR count). The van der Waals surface area contributed by atoms with Crippen molar-refractivity contribution in [1.29, 1.82) is 0 Å². The summed E-state index contributed by atoms with van der Waals surface area (Å²) >= 11 is 0. The van der Waals surface area contributed by atoms with Crippen molar-refractivity contribution in [3.8, 4) is 0 Å². The fourth-order valence-electron chi connectivity index (χ4n) is 1.79. The van der Waals surface area contributed by atoms with Crippen LogP contribution >= 0.6 is 0 Å². The van der Waals surface area contributed by atoms with E-state index in [4.69, 9.17) is 0 Å². The Morgan fingerprint density at radius 1 is 0.952 bits per heavy atom. The van der Waals surface area contributed by atoms with E-state index in [1.165, 1.54) is 0 Å². The fraction of sp³-hybridized carbons (Fsp3) is 0.125. The molecule has 5 nitrogen and oxygen atoms in total. The topological polar surface area (TPSA) is 61.4 Å². The number of nitrogens with one attached hydrogen (secondary N) is 2. The van der Waals surface area contributed by atoms with Crippen molar-refractivity contribution in [3.63, 3.8) is 0 Å². The molecule has 2 amide bonds. The van der Waals surface area contributed by atoms with Gasteiger partial charge in [0.15, 0.2) is 0 Å². The minimum Gasteiger partial charge on any atom is -0.343 e. The second kappa shape index (κ2) is 7.09.